The number of aromatic nitrogens is 1. The third-order valence-electron chi connectivity index (χ3n) is 3.85. The van der Waals surface area contributed by atoms with Gasteiger partial charge in [-0.15, -0.1) is 0 Å². The lowest BCUT2D eigenvalue weighted by Crippen LogP contribution is -2.36. The zero-order valence-corrected chi connectivity index (χ0v) is 14.2. The molecule has 7 heteroatoms. The smallest absolute Gasteiger partial charge is 0.317 e. The van der Waals surface area contributed by atoms with E-state index in [-0.39, 0.29) is 17.0 Å². The summed E-state index contributed by atoms with van der Waals surface area (Å²) in [6.45, 7) is 0.450. The monoisotopic (exact) mass is 345 g/mol. The van der Waals surface area contributed by atoms with E-state index in [2.05, 4.69) is 10.3 Å². The van der Waals surface area contributed by atoms with Gasteiger partial charge in [-0.1, -0.05) is 18.2 Å². The molecule has 1 fully saturated rings. The van der Waals surface area contributed by atoms with E-state index < -0.39 is 9.84 Å². The number of anilines is 1. The number of rotatable bonds is 5. The Hall–Kier alpha value is -2.41. The van der Waals surface area contributed by atoms with Crippen LogP contribution in [0.15, 0.2) is 53.7 Å². The van der Waals surface area contributed by atoms with Crippen molar-refractivity contribution in [3.8, 4) is 0 Å². The fourth-order valence-corrected chi connectivity index (χ4v) is 3.37. The highest BCUT2D eigenvalue weighted by Crippen LogP contribution is 2.29. The maximum absolute atomic E-state index is 12.7. The van der Waals surface area contributed by atoms with Crippen LogP contribution in [0.25, 0.3) is 0 Å². The lowest BCUT2D eigenvalue weighted by atomic mass is 10.2. The SMILES string of the molecule is CS(=O)(=O)c1ccccc1NC(=O)N(Cc1cccnc1)C1CC1. The number of urea groups is 1. The van der Waals surface area contributed by atoms with Gasteiger partial charge < -0.3 is 10.2 Å². The fraction of sp³-hybridized carbons (Fsp3) is 0.294. The molecule has 1 aromatic heterocycles. The van der Waals surface area contributed by atoms with Crippen molar-refractivity contribution < 1.29 is 13.2 Å². The lowest BCUT2D eigenvalue weighted by molar-refractivity contribution is 0.206. The Bertz CT molecular complexity index is 833. The highest BCUT2D eigenvalue weighted by Gasteiger charge is 2.33. The second kappa shape index (κ2) is 6.60. The third kappa shape index (κ3) is 3.91. The quantitative estimate of drug-likeness (QED) is 0.903. The van der Waals surface area contributed by atoms with Crippen molar-refractivity contribution in [2.24, 2.45) is 0 Å². The van der Waals surface area contributed by atoms with Crippen LogP contribution in [0.5, 0.6) is 0 Å². The summed E-state index contributed by atoms with van der Waals surface area (Å²) in [5, 5.41) is 2.75. The van der Waals surface area contributed by atoms with Crippen molar-refractivity contribution >= 4 is 21.6 Å². The van der Waals surface area contributed by atoms with E-state index in [1.807, 2.05) is 12.1 Å². The zero-order chi connectivity index (χ0) is 17.2. The Morgan fingerprint density at radius 3 is 2.62 bits per heavy atom. The van der Waals surface area contributed by atoms with E-state index in [1.54, 1.807) is 35.5 Å². The van der Waals surface area contributed by atoms with Crippen LogP contribution >= 0.6 is 0 Å². The minimum Gasteiger partial charge on any atom is -0.317 e. The number of hydrogen-bond donors (Lipinski definition) is 1. The predicted molar refractivity (Wildman–Crippen MR) is 91.4 cm³/mol. The van der Waals surface area contributed by atoms with E-state index in [9.17, 15) is 13.2 Å². The zero-order valence-electron chi connectivity index (χ0n) is 13.3. The lowest BCUT2D eigenvalue weighted by Gasteiger charge is -2.23. The first kappa shape index (κ1) is 16.4. The first-order valence-electron chi connectivity index (χ1n) is 7.71. The van der Waals surface area contributed by atoms with Gasteiger partial charge in [0.05, 0.1) is 10.6 Å². The first-order chi connectivity index (χ1) is 11.4. The molecule has 1 heterocycles. The van der Waals surface area contributed by atoms with E-state index in [0.717, 1.165) is 24.7 Å². The summed E-state index contributed by atoms with van der Waals surface area (Å²) in [6, 6.07) is 10.1. The van der Waals surface area contributed by atoms with Crippen LogP contribution < -0.4 is 5.32 Å². The summed E-state index contributed by atoms with van der Waals surface area (Å²) >= 11 is 0. The summed E-state index contributed by atoms with van der Waals surface area (Å²) in [5.74, 6) is 0. The van der Waals surface area contributed by atoms with Gasteiger partial charge in [0.25, 0.3) is 0 Å². The third-order valence-corrected chi connectivity index (χ3v) is 5.01. The highest BCUT2D eigenvalue weighted by molar-refractivity contribution is 7.90. The van der Waals surface area contributed by atoms with Crippen LogP contribution in [0, 0.1) is 0 Å². The number of amides is 2. The number of nitrogens with one attached hydrogen (secondary N) is 1. The van der Waals surface area contributed by atoms with Gasteiger partial charge in [-0.3, -0.25) is 4.98 Å². The Labute approximate surface area is 141 Å². The summed E-state index contributed by atoms with van der Waals surface area (Å²) in [7, 11) is -3.41. The molecule has 0 aliphatic heterocycles. The summed E-state index contributed by atoms with van der Waals surface area (Å²) in [5.41, 5.74) is 1.25. The summed E-state index contributed by atoms with van der Waals surface area (Å²) in [6.07, 6.45) is 6.47. The molecule has 24 heavy (non-hydrogen) atoms. The minimum absolute atomic E-state index is 0.121. The topological polar surface area (TPSA) is 79.4 Å². The molecule has 0 bridgehead atoms. The van der Waals surface area contributed by atoms with Gasteiger partial charge in [-0.25, -0.2) is 13.2 Å². The standard InChI is InChI=1S/C17H19N3O3S/c1-24(22,23)16-7-3-2-6-15(16)19-17(21)20(14-8-9-14)12-13-5-4-10-18-11-13/h2-7,10-11,14H,8-9,12H2,1H3,(H,19,21). The number of benzene rings is 1. The van der Waals surface area contributed by atoms with Crippen LogP contribution in [-0.4, -0.2) is 36.6 Å². The molecule has 1 aromatic carbocycles. The number of sulfone groups is 1. The van der Waals surface area contributed by atoms with Crippen molar-refractivity contribution in [3.63, 3.8) is 0 Å². The number of para-hydroxylation sites is 1. The van der Waals surface area contributed by atoms with Gasteiger partial charge in [0.1, 0.15) is 0 Å². The Balaban J connectivity index is 1.80. The van der Waals surface area contributed by atoms with E-state index in [4.69, 9.17) is 0 Å². The van der Waals surface area contributed by atoms with Crippen molar-refractivity contribution in [2.45, 2.75) is 30.3 Å². The molecule has 3 rings (SSSR count). The van der Waals surface area contributed by atoms with E-state index in [0.29, 0.717) is 12.2 Å². The van der Waals surface area contributed by atoms with Gasteiger partial charge in [0, 0.05) is 31.2 Å². The Morgan fingerprint density at radius 2 is 2.00 bits per heavy atom. The number of carbonyl (C=O) groups is 1. The molecule has 1 N–H and O–H groups in total. The van der Waals surface area contributed by atoms with Crippen molar-refractivity contribution in [3.05, 3.63) is 54.4 Å². The molecular formula is C17H19N3O3S. The number of hydrogen-bond acceptors (Lipinski definition) is 4. The first-order valence-corrected chi connectivity index (χ1v) is 9.60. The van der Waals surface area contributed by atoms with Gasteiger partial charge in [0.15, 0.2) is 9.84 Å². The average Bonchev–Trinajstić information content (AvgIpc) is 3.38. The highest BCUT2D eigenvalue weighted by atomic mass is 32.2. The predicted octanol–water partition coefficient (Wildman–Crippen LogP) is 2.68. The molecule has 1 aliphatic rings. The Morgan fingerprint density at radius 1 is 1.25 bits per heavy atom. The average molecular weight is 345 g/mol. The molecule has 0 unspecified atom stereocenters. The van der Waals surface area contributed by atoms with Crippen molar-refractivity contribution in [1.82, 2.24) is 9.88 Å². The van der Waals surface area contributed by atoms with Crippen molar-refractivity contribution in [2.75, 3.05) is 11.6 Å². The van der Waals surface area contributed by atoms with Crippen LogP contribution in [0.3, 0.4) is 0 Å². The van der Waals surface area contributed by atoms with Crippen molar-refractivity contribution in [1.29, 1.82) is 0 Å². The second-order valence-electron chi connectivity index (χ2n) is 5.92. The van der Waals surface area contributed by atoms with Crippen LogP contribution in [0.2, 0.25) is 0 Å². The molecular weight excluding hydrogens is 326 g/mol. The Kier molecular flexibility index (Phi) is 4.53. The molecule has 2 amide bonds. The van der Waals surface area contributed by atoms with Crippen LogP contribution in [0.4, 0.5) is 10.5 Å². The maximum Gasteiger partial charge on any atom is 0.322 e. The second-order valence-corrected chi connectivity index (χ2v) is 7.90. The van der Waals surface area contributed by atoms with E-state index >= 15 is 0 Å². The normalized spacial score (nSPS) is 14.2. The summed E-state index contributed by atoms with van der Waals surface area (Å²) in [4.78, 5) is 18.6. The van der Waals surface area contributed by atoms with Gasteiger partial charge in [0.2, 0.25) is 0 Å². The van der Waals surface area contributed by atoms with Gasteiger partial charge in [-0.2, -0.15) is 0 Å². The largest absolute Gasteiger partial charge is 0.322 e. The van der Waals surface area contributed by atoms with Gasteiger partial charge in [-0.05, 0) is 36.6 Å². The molecule has 0 spiro atoms. The number of carbonyl (C=O) groups excluding carboxylic acids is 1. The van der Waals surface area contributed by atoms with E-state index in [1.165, 1.54) is 6.07 Å². The van der Waals surface area contributed by atoms with Crippen LogP contribution in [-0.2, 0) is 16.4 Å². The fourth-order valence-electron chi connectivity index (χ4n) is 2.52. The minimum atomic E-state index is -3.41. The molecule has 1 saturated carbocycles. The molecule has 2 aromatic rings. The molecule has 1 aliphatic carbocycles. The molecule has 126 valence electrons. The van der Waals surface area contributed by atoms with Gasteiger partial charge >= 0.3 is 6.03 Å². The van der Waals surface area contributed by atoms with Crippen LogP contribution in [0.1, 0.15) is 18.4 Å². The molecule has 6 nitrogen and oxygen atoms in total. The molecule has 0 saturated heterocycles. The molecule has 0 radical (unpaired) electrons. The summed E-state index contributed by atoms with van der Waals surface area (Å²) < 4.78 is 23.7. The number of pyridine rings is 1. The number of nitrogens with zero attached hydrogens (tertiary/aromatic N) is 2. The maximum atomic E-state index is 12.7. The molecule has 0 atom stereocenters.